The van der Waals surface area contributed by atoms with Crippen LogP contribution in [0.3, 0.4) is 0 Å². The van der Waals surface area contributed by atoms with Crippen LogP contribution < -0.4 is 5.32 Å². The average Bonchev–Trinajstić information content (AvgIpc) is 2.91. The minimum Gasteiger partial charge on any atom is -0.310 e. The van der Waals surface area contributed by atoms with Crippen LogP contribution in [0.5, 0.6) is 0 Å². The van der Waals surface area contributed by atoms with Gasteiger partial charge in [0.2, 0.25) is 0 Å². The first-order valence-electron chi connectivity index (χ1n) is 7.80. The Morgan fingerprint density at radius 3 is 2.90 bits per heavy atom. The summed E-state index contributed by atoms with van der Waals surface area (Å²) in [5.74, 6) is 0. The lowest BCUT2D eigenvalue weighted by Gasteiger charge is -2.24. The smallest absolute Gasteiger partial charge is 0.0662 e. The standard InChI is InChI=1S/C17H22BrN3/c1-2-10-19-16-4-3-5-17-15(16)11-20-21(17)12-13-6-8-14(18)9-7-13/h6-9,11,16,19H,2-5,10,12H2,1H3. The Balaban J connectivity index is 1.78. The molecule has 0 amide bonds. The molecule has 0 aliphatic heterocycles. The number of benzene rings is 1. The lowest BCUT2D eigenvalue weighted by molar-refractivity contribution is 0.451. The first-order chi connectivity index (χ1) is 10.3. The number of aromatic nitrogens is 2. The third kappa shape index (κ3) is 3.38. The van der Waals surface area contributed by atoms with Gasteiger partial charge in [-0.15, -0.1) is 0 Å². The number of nitrogens with one attached hydrogen (secondary N) is 1. The fraction of sp³-hybridized carbons (Fsp3) is 0.471. The van der Waals surface area contributed by atoms with E-state index >= 15 is 0 Å². The van der Waals surface area contributed by atoms with Crippen molar-refractivity contribution in [1.82, 2.24) is 15.1 Å². The molecule has 1 heterocycles. The Bertz CT molecular complexity index is 589. The van der Waals surface area contributed by atoms with Crippen molar-refractivity contribution >= 4 is 15.9 Å². The molecule has 0 bridgehead atoms. The van der Waals surface area contributed by atoms with Gasteiger partial charge in [0, 0.05) is 21.8 Å². The van der Waals surface area contributed by atoms with Crippen LogP contribution >= 0.6 is 15.9 Å². The number of halogens is 1. The summed E-state index contributed by atoms with van der Waals surface area (Å²) in [6, 6.07) is 9.00. The molecule has 0 radical (unpaired) electrons. The zero-order valence-corrected chi connectivity index (χ0v) is 14.1. The Morgan fingerprint density at radius 1 is 1.33 bits per heavy atom. The summed E-state index contributed by atoms with van der Waals surface area (Å²) in [6.07, 6.45) is 6.88. The van der Waals surface area contributed by atoms with Crippen LogP contribution in [0.4, 0.5) is 0 Å². The fourth-order valence-corrected chi connectivity index (χ4v) is 3.31. The van der Waals surface area contributed by atoms with Crippen LogP contribution in [-0.2, 0) is 13.0 Å². The zero-order valence-electron chi connectivity index (χ0n) is 12.5. The number of hydrogen-bond acceptors (Lipinski definition) is 2. The van der Waals surface area contributed by atoms with Gasteiger partial charge in [0.1, 0.15) is 0 Å². The van der Waals surface area contributed by atoms with Gasteiger partial charge in [-0.25, -0.2) is 0 Å². The topological polar surface area (TPSA) is 29.9 Å². The highest BCUT2D eigenvalue weighted by Gasteiger charge is 2.23. The lowest BCUT2D eigenvalue weighted by Crippen LogP contribution is -2.26. The van der Waals surface area contributed by atoms with Gasteiger partial charge in [0.15, 0.2) is 0 Å². The van der Waals surface area contributed by atoms with E-state index in [9.17, 15) is 0 Å². The van der Waals surface area contributed by atoms with E-state index in [0.717, 1.165) is 24.0 Å². The maximum Gasteiger partial charge on any atom is 0.0662 e. The van der Waals surface area contributed by atoms with Crippen LogP contribution in [0, 0.1) is 0 Å². The molecule has 3 nitrogen and oxygen atoms in total. The highest BCUT2D eigenvalue weighted by molar-refractivity contribution is 9.10. The molecule has 1 N–H and O–H groups in total. The quantitative estimate of drug-likeness (QED) is 0.883. The Kier molecular flexibility index (Phi) is 4.76. The van der Waals surface area contributed by atoms with Crippen molar-refractivity contribution < 1.29 is 0 Å². The van der Waals surface area contributed by atoms with Crippen LogP contribution in [0.1, 0.15) is 49.0 Å². The summed E-state index contributed by atoms with van der Waals surface area (Å²) in [5.41, 5.74) is 4.12. The molecule has 21 heavy (non-hydrogen) atoms. The van der Waals surface area contributed by atoms with Crippen molar-refractivity contribution in [2.75, 3.05) is 6.54 Å². The second-order valence-corrected chi connectivity index (χ2v) is 6.65. The van der Waals surface area contributed by atoms with E-state index in [0.29, 0.717) is 6.04 Å². The van der Waals surface area contributed by atoms with E-state index in [4.69, 9.17) is 0 Å². The zero-order chi connectivity index (χ0) is 14.7. The average molecular weight is 348 g/mol. The predicted molar refractivity (Wildman–Crippen MR) is 89.4 cm³/mol. The largest absolute Gasteiger partial charge is 0.310 e. The molecule has 3 rings (SSSR count). The minimum atomic E-state index is 0.493. The molecule has 0 saturated heterocycles. The minimum absolute atomic E-state index is 0.493. The Labute approximate surface area is 134 Å². The maximum absolute atomic E-state index is 4.64. The van der Waals surface area contributed by atoms with E-state index < -0.39 is 0 Å². The molecule has 1 aromatic heterocycles. The molecule has 1 aliphatic rings. The molecule has 1 aromatic carbocycles. The molecule has 1 aliphatic carbocycles. The van der Waals surface area contributed by atoms with Crippen molar-refractivity contribution in [2.24, 2.45) is 0 Å². The van der Waals surface area contributed by atoms with E-state index in [1.54, 1.807) is 0 Å². The van der Waals surface area contributed by atoms with Crippen LogP contribution in [0.25, 0.3) is 0 Å². The van der Waals surface area contributed by atoms with Crippen molar-refractivity contribution in [3.63, 3.8) is 0 Å². The van der Waals surface area contributed by atoms with E-state index in [2.05, 4.69) is 68.4 Å². The van der Waals surface area contributed by atoms with Crippen LogP contribution in [-0.4, -0.2) is 16.3 Å². The molecule has 2 aromatic rings. The van der Waals surface area contributed by atoms with E-state index in [1.807, 2.05) is 0 Å². The normalized spacial score (nSPS) is 17.7. The third-order valence-electron chi connectivity index (χ3n) is 4.15. The number of fused-ring (bicyclic) bond motifs is 1. The van der Waals surface area contributed by atoms with Gasteiger partial charge >= 0.3 is 0 Å². The lowest BCUT2D eigenvalue weighted by atomic mass is 9.93. The van der Waals surface area contributed by atoms with Crippen molar-refractivity contribution in [2.45, 2.75) is 45.2 Å². The van der Waals surface area contributed by atoms with E-state index in [-0.39, 0.29) is 0 Å². The number of rotatable bonds is 5. The van der Waals surface area contributed by atoms with Gasteiger partial charge in [-0.2, -0.15) is 5.10 Å². The molecule has 1 unspecified atom stereocenters. The first kappa shape index (κ1) is 14.8. The second kappa shape index (κ2) is 6.75. The Morgan fingerprint density at radius 2 is 2.14 bits per heavy atom. The molecule has 4 heteroatoms. The maximum atomic E-state index is 4.64. The van der Waals surface area contributed by atoms with Gasteiger partial charge in [0.05, 0.1) is 12.7 Å². The van der Waals surface area contributed by atoms with E-state index in [1.165, 1.54) is 36.1 Å². The predicted octanol–water partition coefficient (Wildman–Crippen LogP) is 4.07. The van der Waals surface area contributed by atoms with Crippen molar-refractivity contribution in [3.05, 3.63) is 51.8 Å². The fourth-order valence-electron chi connectivity index (χ4n) is 3.05. The number of nitrogens with zero attached hydrogens (tertiary/aromatic N) is 2. The van der Waals surface area contributed by atoms with Gasteiger partial charge in [-0.1, -0.05) is 35.0 Å². The summed E-state index contributed by atoms with van der Waals surface area (Å²) < 4.78 is 3.30. The summed E-state index contributed by atoms with van der Waals surface area (Å²) >= 11 is 3.48. The van der Waals surface area contributed by atoms with Crippen molar-refractivity contribution in [3.8, 4) is 0 Å². The summed E-state index contributed by atoms with van der Waals surface area (Å²) in [5, 5.41) is 8.29. The molecule has 0 spiro atoms. The molecule has 0 saturated carbocycles. The monoisotopic (exact) mass is 347 g/mol. The molecule has 112 valence electrons. The molecular weight excluding hydrogens is 326 g/mol. The highest BCUT2D eigenvalue weighted by Crippen LogP contribution is 2.29. The van der Waals surface area contributed by atoms with Gasteiger partial charge in [-0.05, 0) is 49.9 Å². The third-order valence-corrected chi connectivity index (χ3v) is 4.68. The Hall–Kier alpha value is -1.13. The van der Waals surface area contributed by atoms with Crippen LogP contribution in [0.15, 0.2) is 34.9 Å². The summed E-state index contributed by atoms with van der Waals surface area (Å²) in [4.78, 5) is 0. The second-order valence-electron chi connectivity index (χ2n) is 5.73. The number of hydrogen-bond donors (Lipinski definition) is 1. The van der Waals surface area contributed by atoms with Gasteiger partial charge in [0.25, 0.3) is 0 Å². The van der Waals surface area contributed by atoms with Gasteiger partial charge in [-0.3, -0.25) is 4.68 Å². The summed E-state index contributed by atoms with van der Waals surface area (Å²) in [6.45, 7) is 4.17. The SMILES string of the molecule is CCCNC1CCCc2c1cnn2Cc1ccc(Br)cc1. The molecular formula is C17H22BrN3. The van der Waals surface area contributed by atoms with Gasteiger partial charge < -0.3 is 5.32 Å². The summed E-state index contributed by atoms with van der Waals surface area (Å²) in [7, 11) is 0. The molecule has 0 fully saturated rings. The van der Waals surface area contributed by atoms with Crippen LogP contribution in [0.2, 0.25) is 0 Å². The highest BCUT2D eigenvalue weighted by atomic mass is 79.9. The molecule has 1 atom stereocenters. The van der Waals surface area contributed by atoms with Crippen molar-refractivity contribution in [1.29, 1.82) is 0 Å². The first-order valence-corrected chi connectivity index (χ1v) is 8.59.